The summed E-state index contributed by atoms with van der Waals surface area (Å²) in [6.07, 6.45) is 0.723. The fourth-order valence-electron chi connectivity index (χ4n) is 0.964. The first-order chi connectivity index (χ1) is 7.15. The molecule has 0 spiro atoms. The van der Waals surface area contributed by atoms with Crippen molar-refractivity contribution >= 4 is 11.8 Å². The van der Waals surface area contributed by atoms with Crippen molar-refractivity contribution in [2.45, 2.75) is 0 Å². The molecule has 0 fully saturated rings. The summed E-state index contributed by atoms with van der Waals surface area (Å²) in [5, 5.41) is 11.0. The first-order valence-electron chi connectivity index (χ1n) is 4.21. The SMILES string of the molecule is COC(=O)/C([O-])=C/C(=O)c1ccccc1.[Na+]. The molecular formula is C11H9NaO4. The van der Waals surface area contributed by atoms with Gasteiger partial charge in [0.25, 0.3) is 0 Å². The first-order valence-corrected chi connectivity index (χ1v) is 4.21. The minimum Gasteiger partial charge on any atom is -0.867 e. The van der Waals surface area contributed by atoms with Crippen LogP contribution in [-0.4, -0.2) is 18.9 Å². The van der Waals surface area contributed by atoms with Gasteiger partial charge in [0.2, 0.25) is 0 Å². The average Bonchev–Trinajstić information content (AvgIpc) is 2.29. The molecule has 0 aliphatic rings. The number of rotatable bonds is 3. The van der Waals surface area contributed by atoms with E-state index in [1.54, 1.807) is 30.3 Å². The third-order valence-corrected chi connectivity index (χ3v) is 1.71. The van der Waals surface area contributed by atoms with Crippen molar-refractivity contribution in [2.24, 2.45) is 0 Å². The van der Waals surface area contributed by atoms with Crippen LogP contribution < -0.4 is 34.7 Å². The molecule has 0 radical (unpaired) electrons. The Hall–Kier alpha value is -1.10. The number of methoxy groups -OCH3 is 1. The van der Waals surface area contributed by atoms with Crippen LogP contribution >= 0.6 is 0 Å². The summed E-state index contributed by atoms with van der Waals surface area (Å²) < 4.78 is 4.18. The largest absolute Gasteiger partial charge is 1.00 e. The molecular weight excluding hydrogens is 219 g/mol. The van der Waals surface area contributed by atoms with E-state index in [4.69, 9.17) is 0 Å². The van der Waals surface area contributed by atoms with Crippen LogP contribution in [0.5, 0.6) is 0 Å². The van der Waals surface area contributed by atoms with Gasteiger partial charge >= 0.3 is 35.5 Å². The molecule has 5 heteroatoms. The van der Waals surface area contributed by atoms with E-state index in [1.807, 2.05) is 0 Å². The van der Waals surface area contributed by atoms with Gasteiger partial charge < -0.3 is 9.84 Å². The molecule has 1 rings (SSSR count). The summed E-state index contributed by atoms with van der Waals surface area (Å²) >= 11 is 0. The van der Waals surface area contributed by atoms with Gasteiger partial charge in [0, 0.05) is 5.56 Å². The molecule has 0 saturated heterocycles. The summed E-state index contributed by atoms with van der Waals surface area (Å²) in [5.41, 5.74) is 0.356. The Kier molecular flexibility index (Phi) is 6.72. The van der Waals surface area contributed by atoms with Crippen LogP contribution in [0.1, 0.15) is 10.4 Å². The minimum absolute atomic E-state index is 0. The maximum Gasteiger partial charge on any atom is 1.00 e. The van der Waals surface area contributed by atoms with Crippen molar-refractivity contribution in [3.05, 3.63) is 47.7 Å². The smallest absolute Gasteiger partial charge is 0.867 e. The van der Waals surface area contributed by atoms with Gasteiger partial charge in [-0.1, -0.05) is 30.3 Å². The van der Waals surface area contributed by atoms with Crippen LogP contribution in [-0.2, 0) is 9.53 Å². The standard InChI is InChI=1S/C11H10O4.Na/c1-15-11(14)10(13)7-9(12)8-5-3-2-4-6-8;/h2-7,13H,1H3;/q;+1/p-1/b10-7-;. The van der Waals surface area contributed by atoms with Crippen LogP contribution in [0.25, 0.3) is 0 Å². The summed E-state index contributed by atoms with van der Waals surface area (Å²) in [6, 6.07) is 8.21. The number of benzene rings is 1. The fourth-order valence-corrected chi connectivity index (χ4v) is 0.964. The van der Waals surface area contributed by atoms with Gasteiger partial charge in [-0.2, -0.15) is 0 Å². The maximum atomic E-state index is 11.4. The normalized spacial score (nSPS) is 10.2. The van der Waals surface area contributed by atoms with Gasteiger partial charge in [-0.25, -0.2) is 4.79 Å². The summed E-state index contributed by atoms with van der Waals surface area (Å²) in [6.45, 7) is 0. The van der Waals surface area contributed by atoms with Crippen LogP contribution in [0.4, 0.5) is 0 Å². The molecule has 0 saturated carbocycles. The number of hydrogen-bond acceptors (Lipinski definition) is 4. The molecule has 0 atom stereocenters. The molecule has 1 aromatic rings. The molecule has 0 heterocycles. The molecule has 0 aliphatic carbocycles. The van der Waals surface area contributed by atoms with E-state index in [-0.39, 0.29) is 29.6 Å². The van der Waals surface area contributed by atoms with Crippen molar-refractivity contribution in [2.75, 3.05) is 7.11 Å². The Bertz CT molecular complexity index is 398. The van der Waals surface area contributed by atoms with Gasteiger partial charge in [0.15, 0.2) is 5.78 Å². The monoisotopic (exact) mass is 228 g/mol. The van der Waals surface area contributed by atoms with Gasteiger partial charge in [-0.15, -0.1) is 0 Å². The van der Waals surface area contributed by atoms with E-state index in [0.717, 1.165) is 13.2 Å². The fraction of sp³-hybridized carbons (Fsp3) is 0.0909. The molecule has 0 N–H and O–H groups in total. The van der Waals surface area contributed by atoms with Gasteiger partial charge in [0.05, 0.1) is 7.11 Å². The number of ether oxygens (including phenoxy) is 1. The summed E-state index contributed by atoms with van der Waals surface area (Å²) in [7, 11) is 1.08. The molecule has 4 nitrogen and oxygen atoms in total. The number of esters is 1. The number of ketones is 1. The number of carbonyl (C=O) groups is 2. The topological polar surface area (TPSA) is 66.4 Å². The average molecular weight is 228 g/mol. The molecule has 0 unspecified atom stereocenters. The van der Waals surface area contributed by atoms with Crippen LogP contribution in [0.2, 0.25) is 0 Å². The second-order valence-corrected chi connectivity index (χ2v) is 2.73. The zero-order chi connectivity index (χ0) is 11.3. The van der Waals surface area contributed by atoms with Crippen molar-refractivity contribution in [3.63, 3.8) is 0 Å². The van der Waals surface area contributed by atoms with E-state index < -0.39 is 17.5 Å². The first kappa shape index (κ1) is 14.9. The Morgan fingerprint density at radius 3 is 2.31 bits per heavy atom. The molecule has 0 aromatic heterocycles. The molecule has 0 bridgehead atoms. The van der Waals surface area contributed by atoms with Crippen molar-refractivity contribution < 1.29 is 49.0 Å². The van der Waals surface area contributed by atoms with E-state index in [2.05, 4.69) is 4.74 Å². The van der Waals surface area contributed by atoms with E-state index in [1.165, 1.54) is 0 Å². The Balaban J connectivity index is 0.00000225. The third kappa shape index (κ3) is 4.18. The molecule has 0 amide bonds. The second kappa shape index (κ2) is 7.22. The second-order valence-electron chi connectivity index (χ2n) is 2.73. The zero-order valence-electron chi connectivity index (χ0n) is 9.10. The van der Waals surface area contributed by atoms with Crippen LogP contribution in [0.15, 0.2) is 42.2 Å². The Morgan fingerprint density at radius 2 is 1.81 bits per heavy atom. The van der Waals surface area contributed by atoms with Crippen molar-refractivity contribution in [3.8, 4) is 0 Å². The van der Waals surface area contributed by atoms with Crippen LogP contribution in [0.3, 0.4) is 0 Å². The molecule has 78 valence electrons. The van der Waals surface area contributed by atoms with Gasteiger partial charge in [-0.05, 0) is 11.8 Å². The number of allylic oxidation sites excluding steroid dienone is 1. The maximum absolute atomic E-state index is 11.4. The van der Waals surface area contributed by atoms with Crippen LogP contribution in [0, 0.1) is 0 Å². The number of carbonyl (C=O) groups excluding carboxylic acids is 2. The Labute approximate surface area is 115 Å². The molecule has 16 heavy (non-hydrogen) atoms. The summed E-state index contributed by atoms with van der Waals surface area (Å²) in [5.74, 6) is -2.50. The predicted molar refractivity (Wildman–Crippen MR) is 50.9 cm³/mol. The zero-order valence-corrected chi connectivity index (χ0v) is 11.1. The van der Waals surface area contributed by atoms with Gasteiger partial charge in [0.1, 0.15) is 0 Å². The number of hydrogen-bond donors (Lipinski definition) is 0. The third-order valence-electron chi connectivity index (χ3n) is 1.71. The van der Waals surface area contributed by atoms with E-state index >= 15 is 0 Å². The minimum atomic E-state index is -1.04. The van der Waals surface area contributed by atoms with E-state index in [0.29, 0.717) is 5.56 Å². The van der Waals surface area contributed by atoms with Crippen molar-refractivity contribution in [1.82, 2.24) is 0 Å². The van der Waals surface area contributed by atoms with E-state index in [9.17, 15) is 14.7 Å². The molecule has 0 aliphatic heterocycles. The van der Waals surface area contributed by atoms with Crippen molar-refractivity contribution in [1.29, 1.82) is 0 Å². The quantitative estimate of drug-likeness (QED) is 0.185. The Morgan fingerprint density at radius 1 is 1.25 bits per heavy atom. The molecule has 1 aromatic carbocycles. The predicted octanol–water partition coefficient (Wildman–Crippen LogP) is -2.71. The summed E-state index contributed by atoms with van der Waals surface area (Å²) in [4.78, 5) is 22.1. The van der Waals surface area contributed by atoms with Gasteiger partial charge in [-0.3, -0.25) is 4.79 Å².